The Morgan fingerprint density at radius 1 is 0.838 bits per heavy atom. The Kier molecular flexibility index (Phi) is 6.74. The summed E-state index contributed by atoms with van der Waals surface area (Å²) in [4.78, 5) is 53.4. The van der Waals surface area contributed by atoms with Gasteiger partial charge in [-0.3, -0.25) is 19.3 Å². The third-order valence-corrected chi connectivity index (χ3v) is 7.53. The first-order valence-corrected chi connectivity index (χ1v) is 12.7. The number of rotatable bonds is 6. The SMILES string of the molecule is Cc1ccc(C(=O)[C@@H](C)OC(=O)c2cccc(N3C(=O)[C@H]4CC[C@H](c5ccccc5)C[C@@H]4C3=O)c2)cc1. The summed E-state index contributed by atoms with van der Waals surface area (Å²) in [7, 11) is 0. The molecule has 0 aromatic heterocycles. The predicted molar refractivity (Wildman–Crippen MR) is 139 cm³/mol. The van der Waals surface area contributed by atoms with Crippen LogP contribution < -0.4 is 4.90 Å². The zero-order chi connectivity index (χ0) is 26.1. The third-order valence-electron chi connectivity index (χ3n) is 7.53. The van der Waals surface area contributed by atoms with Gasteiger partial charge in [0.1, 0.15) is 0 Å². The van der Waals surface area contributed by atoms with Gasteiger partial charge in [0.25, 0.3) is 0 Å². The van der Waals surface area contributed by atoms with Crippen molar-refractivity contribution in [2.45, 2.75) is 45.1 Å². The minimum absolute atomic E-state index is 0.179. The van der Waals surface area contributed by atoms with Crippen LogP contribution in [0.2, 0.25) is 0 Å². The zero-order valence-corrected chi connectivity index (χ0v) is 20.9. The summed E-state index contributed by atoms with van der Waals surface area (Å²) in [5.41, 5.74) is 3.22. The van der Waals surface area contributed by atoms with Gasteiger partial charge in [0.2, 0.25) is 17.6 Å². The Hall–Kier alpha value is -4.06. The summed E-state index contributed by atoms with van der Waals surface area (Å²) in [6.45, 7) is 3.46. The van der Waals surface area contributed by atoms with Gasteiger partial charge in [-0.15, -0.1) is 0 Å². The van der Waals surface area contributed by atoms with Crippen LogP contribution in [0.1, 0.15) is 63.9 Å². The van der Waals surface area contributed by atoms with Crippen LogP contribution in [0.3, 0.4) is 0 Å². The van der Waals surface area contributed by atoms with Gasteiger partial charge in [-0.1, -0.05) is 66.2 Å². The Balaban J connectivity index is 1.30. The Morgan fingerprint density at radius 2 is 1.54 bits per heavy atom. The molecule has 1 aliphatic heterocycles. The fourth-order valence-corrected chi connectivity index (χ4v) is 5.47. The number of carbonyl (C=O) groups excluding carboxylic acids is 4. The van der Waals surface area contributed by atoms with E-state index in [-0.39, 0.29) is 40.9 Å². The van der Waals surface area contributed by atoms with Crippen LogP contribution in [0.5, 0.6) is 0 Å². The first-order chi connectivity index (χ1) is 17.8. The maximum absolute atomic E-state index is 13.4. The maximum atomic E-state index is 13.4. The first kappa shape index (κ1) is 24.6. The monoisotopic (exact) mass is 495 g/mol. The lowest BCUT2D eigenvalue weighted by molar-refractivity contribution is -0.122. The lowest BCUT2D eigenvalue weighted by atomic mass is 9.73. The number of hydrogen-bond acceptors (Lipinski definition) is 5. The minimum Gasteiger partial charge on any atom is -0.451 e. The molecule has 0 spiro atoms. The number of imide groups is 1. The summed E-state index contributed by atoms with van der Waals surface area (Å²) in [6.07, 6.45) is 1.17. The molecule has 4 atom stereocenters. The van der Waals surface area contributed by atoms with Gasteiger partial charge >= 0.3 is 5.97 Å². The van der Waals surface area contributed by atoms with Crippen molar-refractivity contribution in [1.82, 2.24) is 0 Å². The van der Waals surface area contributed by atoms with Crippen LogP contribution in [0.15, 0.2) is 78.9 Å². The van der Waals surface area contributed by atoms with E-state index in [1.165, 1.54) is 23.5 Å². The summed E-state index contributed by atoms with van der Waals surface area (Å²) in [5, 5.41) is 0. The molecule has 0 N–H and O–H groups in total. The fourth-order valence-electron chi connectivity index (χ4n) is 5.47. The van der Waals surface area contributed by atoms with Gasteiger partial charge in [-0.05, 0) is 62.8 Å². The van der Waals surface area contributed by atoms with Crippen molar-refractivity contribution in [3.8, 4) is 0 Å². The molecule has 3 aromatic rings. The van der Waals surface area contributed by atoms with Gasteiger partial charge in [-0.25, -0.2) is 4.79 Å². The second kappa shape index (κ2) is 10.1. The molecule has 5 rings (SSSR count). The van der Waals surface area contributed by atoms with E-state index in [0.717, 1.165) is 12.0 Å². The molecule has 1 saturated heterocycles. The van der Waals surface area contributed by atoms with Crippen molar-refractivity contribution in [3.05, 3.63) is 101 Å². The van der Waals surface area contributed by atoms with Crippen molar-refractivity contribution in [1.29, 1.82) is 0 Å². The van der Waals surface area contributed by atoms with E-state index in [1.54, 1.807) is 30.3 Å². The molecule has 2 fully saturated rings. The molecule has 6 nitrogen and oxygen atoms in total. The highest BCUT2D eigenvalue weighted by Gasteiger charge is 2.50. The number of nitrogens with zero attached hydrogens (tertiary/aromatic N) is 1. The summed E-state index contributed by atoms with van der Waals surface area (Å²) in [6, 6.07) is 23.5. The number of ether oxygens (including phenoxy) is 1. The number of amides is 2. The lowest BCUT2D eigenvalue weighted by Crippen LogP contribution is -2.31. The van der Waals surface area contributed by atoms with Gasteiger partial charge < -0.3 is 4.74 Å². The molecule has 1 aliphatic carbocycles. The molecule has 0 unspecified atom stereocenters. The highest BCUT2D eigenvalue weighted by molar-refractivity contribution is 6.22. The molecule has 1 saturated carbocycles. The number of aryl methyl sites for hydroxylation is 1. The van der Waals surface area contributed by atoms with E-state index >= 15 is 0 Å². The lowest BCUT2D eigenvalue weighted by Gasteiger charge is -2.28. The standard InChI is InChI=1S/C31H29NO5/c1-19-11-13-22(14-12-19)28(33)20(2)37-31(36)24-9-6-10-25(17-24)32-29(34)26-16-15-23(18-27(26)30(32)35)21-7-4-3-5-8-21/h3-14,17,20,23,26-27H,15-16,18H2,1-2H3/t20-,23+,26+,27+/m1/s1. The molecular weight excluding hydrogens is 466 g/mol. The third kappa shape index (κ3) is 4.84. The Morgan fingerprint density at radius 3 is 2.27 bits per heavy atom. The number of carbonyl (C=O) groups is 4. The van der Waals surface area contributed by atoms with Gasteiger partial charge in [-0.2, -0.15) is 0 Å². The molecule has 2 aliphatic rings. The van der Waals surface area contributed by atoms with Crippen LogP contribution in [-0.2, 0) is 14.3 Å². The molecule has 188 valence electrons. The van der Waals surface area contributed by atoms with Crippen molar-refractivity contribution >= 4 is 29.3 Å². The van der Waals surface area contributed by atoms with E-state index in [9.17, 15) is 19.2 Å². The van der Waals surface area contributed by atoms with Crippen molar-refractivity contribution in [2.24, 2.45) is 11.8 Å². The van der Waals surface area contributed by atoms with Crippen LogP contribution in [-0.4, -0.2) is 29.7 Å². The number of ketones is 1. The van der Waals surface area contributed by atoms with Gasteiger partial charge in [0.05, 0.1) is 23.1 Å². The molecule has 6 heteroatoms. The topological polar surface area (TPSA) is 80.8 Å². The second-order valence-corrected chi connectivity index (χ2v) is 9.97. The van der Waals surface area contributed by atoms with E-state index in [4.69, 9.17) is 4.74 Å². The van der Waals surface area contributed by atoms with Crippen molar-refractivity contribution in [3.63, 3.8) is 0 Å². The quantitative estimate of drug-likeness (QED) is 0.256. The summed E-state index contributed by atoms with van der Waals surface area (Å²) < 4.78 is 5.43. The number of anilines is 1. The molecule has 0 radical (unpaired) electrons. The van der Waals surface area contributed by atoms with Crippen molar-refractivity contribution in [2.75, 3.05) is 4.90 Å². The largest absolute Gasteiger partial charge is 0.451 e. The molecule has 0 bridgehead atoms. The Bertz CT molecular complexity index is 1350. The average molecular weight is 496 g/mol. The van der Waals surface area contributed by atoms with E-state index in [1.807, 2.05) is 37.3 Å². The van der Waals surface area contributed by atoms with Crippen LogP contribution in [0.25, 0.3) is 0 Å². The number of esters is 1. The Labute approximate surface area is 216 Å². The number of Topliss-reactive ketones (excluding diaryl/α,β-unsaturated/α-hetero) is 1. The molecule has 3 aromatic carbocycles. The van der Waals surface area contributed by atoms with Gasteiger partial charge in [0.15, 0.2) is 6.10 Å². The fraction of sp³-hybridized carbons (Fsp3) is 0.290. The smallest absolute Gasteiger partial charge is 0.338 e. The average Bonchev–Trinajstić information content (AvgIpc) is 3.18. The molecular formula is C31H29NO5. The van der Waals surface area contributed by atoms with E-state index in [0.29, 0.717) is 24.1 Å². The molecule has 37 heavy (non-hydrogen) atoms. The van der Waals surface area contributed by atoms with Crippen LogP contribution in [0.4, 0.5) is 5.69 Å². The predicted octanol–water partition coefficient (Wildman–Crippen LogP) is 5.50. The highest BCUT2D eigenvalue weighted by atomic mass is 16.5. The molecule has 1 heterocycles. The number of hydrogen-bond donors (Lipinski definition) is 0. The first-order valence-electron chi connectivity index (χ1n) is 12.7. The minimum atomic E-state index is -0.980. The van der Waals surface area contributed by atoms with E-state index < -0.39 is 12.1 Å². The number of fused-ring (bicyclic) bond motifs is 1. The zero-order valence-electron chi connectivity index (χ0n) is 20.9. The summed E-state index contributed by atoms with van der Waals surface area (Å²) >= 11 is 0. The second-order valence-electron chi connectivity index (χ2n) is 9.97. The van der Waals surface area contributed by atoms with Crippen LogP contribution in [0, 0.1) is 18.8 Å². The van der Waals surface area contributed by atoms with Gasteiger partial charge in [0, 0.05) is 5.56 Å². The van der Waals surface area contributed by atoms with E-state index in [2.05, 4.69) is 12.1 Å². The maximum Gasteiger partial charge on any atom is 0.338 e. The molecule has 2 amide bonds. The summed E-state index contributed by atoms with van der Waals surface area (Å²) in [5.74, 6) is -1.88. The normalized spacial score (nSPS) is 21.9. The number of benzene rings is 3. The van der Waals surface area contributed by atoms with Crippen molar-refractivity contribution < 1.29 is 23.9 Å². The van der Waals surface area contributed by atoms with Crippen LogP contribution >= 0.6 is 0 Å². The highest BCUT2D eigenvalue weighted by Crippen LogP contribution is 2.45.